The van der Waals surface area contributed by atoms with E-state index in [2.05, 4.69) is 36.4 Å². The second-order valence-electron chi connectivity index (χ2n) is 5.43. The smallest absolute Gasteiger partial charge is 0.166 e. The lowest BCUT2D eigenvalue weighted by Gasteiger charge is -2.06. The van der Waals surface area contributed by atoms with Crippen molar-refractivity contribution in [1.82, 2.24) is 0 Å². The summed E-state index contributed by atoms with van der Waals surface area (Å²) in [6.45, 7) is 2.04. The van der Waals surface area contributed by atoms with Crippen molar-refractivity contribution in [2.75, 3.05) is 0 Å². The maximum absolute atomic E-state index is 12.3. The zero-order valence-electron chi connectivity index (χ0n) is 10.4. The largest absolute Gasteiger partial charge is 0.294 e. The van der Waals surface area contributed by atoms with Crippen LogP contribution < -0.4 is 0 Å². The van der Waals surface area contributed by atoms with E-state index in [0.717, 1.165) is 18.4 Å². The topological polar surface area (TPSA) is 17.1 Å². The van der Waals surface area contributed by atoms with Gasteiger partial charge in [0.1, 0.15) is 0 Å². The van der Waals surface area contributed by atoms with Crippen LogP contribution in [-0.2, 0) is 12.8 Å². The lowest BCUT2D eigenvalue weighted by molar-refractivity contribution is 0.0945. The highest BCUT2D eigenvalue weighted by Gasteiger charge is 2.33. The van der Waals surface area contributed by atoms with Crippen LogP contribution in [0.15, 0.2) is 36.4 Å². The van der Waals surface area contributed by atoms with Gasteiger partial charge in [-0.05, 0) is 40.7 Å². The number of hydrogen-bond donors (Lipinski definition) is 0. The van der Waals surface area contributed by atoms with Crippen molar-refractivity contribution in [3.63, 3.8) is 0 Å². The van der Waals surface area contributed by atoms with Crippen LogP contribution in [0.4, 0.5) is 0 Å². The van der Waals surface area contributed by atoms with Gasteiger partial charge in [0.05, 0.1) is 0 Å². The number of rotatable bonds is 0. The molecule has 2 aromatic rings. The van der Waals surface area contributed by atoms with Crippen molar-refractivity contribution >= 4 is 5.78 Å². The van der Waals surface area contributed by atoms with Crippen LogP contribution in [0.2, 0.25) is 0 Å². The summed E-state index contributed by atoms with van der Waals surface area (Å²) in [7, 11) is 0. The van der Waals surface area contributed by atoms with E-state index in [-0.39, 0.29) is 5.92 Å². The van der Waals surface area contributed by atoms with Crippen LogP contribution in [0.25, 0.3) is 11.1 Å². The van der Waals surface area contributed by atoms with Gasteiger partial charge >= 0.3 is 0 Å². The molecule has 88 valence electrons. The third kappa shape index (κ3) is 1.14. The molecule has 0 spiro atoms. The van der Waals surface area contributed by atoms with Gasteiger partial charge in [-0.15, -0.1) is 0 Å². The molecule has 1 heteroatoms. The van der Waals surface area contributed by atoms with Gasteiger partial charge in [0.25, 0.3) is 0 Å². The highest BCUT2D eigenvalue weighted by molar-refractivity contribution is 6.05. The Morgan fingerprint density at radius 1 is 1.00 bits per heavy atom. The van der Waals surface area contributed by atoms with E-state index in [1.807, 2.05) is 6.92 Å². The zero-order chi connectivity index (χ0) is 12.3. The molecule has 0 fully saturated rings. The van der Waals surface area contributed by atoms with Gasteiger partial charge in [0.2, 0.25) is 0 Å². The summed E-state index contributed by atoms with van der Waals surface area (Å²) in [6.07, 6.45) is 1.84. The minimum absolute atomic E-state index is 0.162. The summed E-state index contributed by atoms with van der Waals surface area (Å²) >= 11 is 0. The number of Topliss-reactive ketones (excluding diaryl/α,β-unsaturated/α-hetero) is 1. The van der Waals surface area contributed by atoms with Gasteiger partial charge in [0, 0.05) is 11.5 Å². The molecule has 1 nitrogen and oxygen atoms in total. The van der Waals surface area contributed by atoms with Gasteiger partial charge in [0.15, 0.2) is 5.78 Å². The van der Waals surface area contributed by atoms with Crippen LogP contribution >= 0.6 is 0 Å². The Balaban J connectivity index is 2.00. The average Bonchev–Trinajstić information content (AvgIpc) is 2.88. The number of carbonyl (C=O) groups is 1. The molecule has 0 saturated heterocycles. The van der Waals surface area contributed by atoms with Crippen LogP contribution in [0.3, 0.4) is 0 Å². The Morgan fingerprint density at radius 2 is 1.83 bits per heavy atom. The molecule has 0 aromatic heterocycles. The third-order valence-electron chi connectivity index (χ3n) is 4.29. The first kappa shape index (κ1) is 10.1. The van der Waals surface area contributed by atoms with Gasteiger partial charge in [-0.3, -0.25) is 4.79 Å². The standard InChI is InChI=1S/C17H14O/c1-10-8-12-6-7-14-13-5-3-2-4-11(13)9-15(14)16(12)17(10)18/h2-7,10H,8-9H2,1H3. The quantitative estimate of drug-likeness (QED) is 0.580. The Labute approximate surface area is 106 Å². The second-order valence-corrected chi connectivity index (χ2v) is 5.43. The van der Waals surface area contributed by atoms with E-state index in [1.54, 1.807) is 0 Å². The molecule has 18 heavy (non-hydrogen) atoms. The molecule has 0 N–H and O–H groups in total. The van der Waals surface area contributed by atoms with Crippen molar-refractivity contribution in [3.8, 4) is 11.1 Å². The van der Waals surface area contributed by atoms with E-state index in [1.165, 1.54) is 27.8 Å². The fourth-order valence-electron chi connectivity index (χ4n) is 3.41. The van der Waals surface area contributed by atoms with E-state index in [9.17, 15) is 4.79 Å². The Bertz CT molecular complexity index is 682. The Hall–Kier alpha value is -1.89. The number of carbonyl (C=O) groups excluding carboxylic acids is 1. The normalized spacial score (nSPS) is 19.6. The predicted molar refractivity (Wildman–Crippen MR) is 71.9 cm³/mol. The molecule has 0 amide bonds. The average molecular weight is 234 g/mol. The van der Waals surface area contributed by atoms with Crippen molar-refractivity contribution in [1.29, 1.82) is 0 Å². The summed E-state index contributed by atoms with van der Waals surface area (Å²) in [5.74, 6) is 0.505. The van der Waals surface area contributed by atoms with Crippen molar-refractivity contribution < 1.29 is 4.79 Å². The highest BCUT2D eigenvalue weighted by atomic mass is 16.1. The van der Waals surface area contributed by atoms with E-state index in [4.69, 9.17) is 0 Å². The highest BCUT2D eigenvalue weighted by Crippen LogP contribution is 2.42. The van der Waals surface area contributed by atoms with Gasteiger partial charge < -0.3 is 0 Å². The summed E-state index contributed by atoms with van der Waals surface area (Å²) in [5, 5.41) is 0. The molecule has 2 aliphatic rings. The zero-order valence-corrected chi connectivity index (χ0v) is 10.4. The molecule has 4 rings (SSSR count). The molecule has 2 aromatic carbocycles. The summed E-state index contributed by atoms with van der Waals surface area (Å²) < 4.78 is 0. The molecular weight excluding hydrogens is 220 g/mol. The lowest BCUT2D eigenvalue weighted by Crippen LogP contribution is -2.05. The maximum Gasteiger partial charge on any atom is 0.166 e. The van der Waals surface area contributed by atoms with E-state index < -0.39 is 0 Å². The first-order valence-electron chi connectivity index (χ1n) is 6.53. The van der Waals surface area contributed by atoms with Gasteiger partial charge in [-0.2, -0.15) is 0 Å². The summed E-state index contributed by atoms with van der Waals surface area (Å²) in [6, 6.07) is 12.8. The fourth-order valence-corrected chi connectivity index (χ4v) is 3.41. The third-order valence-corrected chi connectivity index (χ3v) is 4.29. The molecule has 1 unspecified atom stereocenters. The first-order chi connectivity index (χ1) is 8.75. The lowest BCUT2D eigenvalue weighted by atomic mass is 9.97. The van der Waals surface area contributed by atoms with Crippen LogP contribution in [-0.4, -0.2) is 5.78 Å². The van der Waals surface area contributed by atoms with Crippen LogP contribution in [0.1, 0.15) is 34.0 Å². The van der Waals surface area contributed by atoms with Crippen LogP contribution in [0.5, 0.6) is 0 Å². The predicted octanol–water partition coefficient (Wildman–Crippen LogP) is 3.63. The minimum Gasteiger partial charge on any atom is -0.294 e. The summed E-state index contributed by atoms with van der Waals surface area (Å²) in [5.41, 5.74) is 7.47. The van der Waals surface area contributed by atoms with Gasteiger partial charge in [-0.1, -0.05) is 43.3 Å². The number of ketones is 1. The SMILES string of the molecule is CC1Cc2ccc3c(c2C1=O)Cc1ccccc1-3. The summed E-state index contributed by atoms with van der Waals surface area (Å²) in [4.78, 5) is 12.3. The molecule has 0 radical (unpaired) electrons. The second kappa shape index (κ2) is 3.32. The number of fused-ring (bicyclic) bond motifs is 5. The molecule has 0 saturated carbocycles. The van der Waals surface area contributed by atoms with E-state index in [0.29, 0.717) is 5.78 Å². The molecule has 0 bridgehead atoms. The molecule has 2 aliphatic carbocycles. The van der Waals surface area contributed by atoms with Crippen molar-refractivity contribution in [3.05, 3.63) is 58.7 Å². The van der Waals surface area contributed by atoms with Gasteiger partial charge in [-0.25, -0.2) is 0 Å². The molecule has 0 aliphatic heterocycles. The van der Waals surface area contributed by atoms with Crippen LogP contribution in [0, 0.1) is 5.92 Å². The Morgan fingerprint density at radius 3 is 2.72 bits per heavy atom. The molecule has 1 atom stereocenters. The number of hydrogen-bond acceptors (Lipinski definition) is 1. The molecule has 0 heterocycles. The van der Waals surface area contributed by atoms with Crippen molar-refractivity contribution in [2.45, 2.75) is 19.8 Å². The number of benzene rings is 2. The molecular formula is C17H14O. The van der Waals surface area contributed by atoms with Crippen molar-refractivity contribution in [2.24, 2.45) is 5.92 Å². The van der Waals surface area contributed by atoms with E-state index >= 15 is 0 Å². The monoisotopic (exact) mass is 234 g/mol. The Kier molecular flexibility index (Phi) is 1.86. The first-order valence-corrected chi connectivity index (χ1v) is 6.53. The fraction of sp³-hybridized carbons (Fsp3) is 0.235. The maximum atomic E-state index is 12.3. The minimum atomic E-state index is 0.162.